The minimum atomic E-state index is -0.0353. The van der Waals surface area contributed by atoms with Gasteiger partial charge in [-0.05, 0) is 97.1 Å². The highest BCUT2D eigenvalue weighted by Gasteiger charge is 2.46. The number of hydrogen-bond acceptors (Lipinski definition) is 2. The van der Waals surface area contributed by atoms with Gasteiger partial charge in [0, 0.05) is 33.9 Å². The zero-order valence-electron chi connectivity index (χ0n) is 26.6. The van der Waals surface area contributed by atoms with Crippen LogP contribution < -0.4 is 4.90 Å². The predicted molar refractivity (Wildman–Crippen MR) is 195 cm³/mol. The molecule has 1 aliphatic rings. The standard InChI is InChI=1S/C44H35NO/c1-43(2)37-16-10-8-15-36(37)42-38(44(43,3)4)25-20-28-18-19-29-26-31(21-23-33(29)41(28)42)45(30-12-6-5-7-13-30)32-22-24-35-34-14-9-11-17-39(34)46-40(35)27-32/h5-27H,1-4H3. The number of rotatable bonds is 3. The Kier molecular flexibility index (Phi) is 5.63. The number of nitrogens with zero attached hydrogens (tertiary/aromatic N) is 1. The van der Waals surface area contributed by atoms with Gasteiger partial charge in [0.05, 0.1) is 0 Å². The SMILES string of the molecule is CC1(C)c2ccccc2-c2c(ccc3ccc4cc(N(c5ccccc5)c5ccc6c(c5)oc5ccccc56)ccc4c23)C1(C)C. The van der Waals surface area contributed by atoms with Crippen molar-refractivity contribution in [2.75, 3.05) is 4.90 Å². The molecule has 0 bridgehead atoms. The summed E-state index contributed by atoms with van der Waals surface area (Å²) in [4.78, 5) is 2.33. The zero-order chi connectivity index (χ0) is 31.2. The van der Waals surface area contributed by atoms with Gasteiger partial charge in [-0.15, -0.1) is 0 Å². The minimum absolute atomic E-state index is 0.000842. The second-order valence-corrected chi connectivity index (χ2v) is 13.8. The van der Waals surface area contributed by atoms with Crippen molar-refractivity contribution in [3.63, 3.8) is 0 Å². The summed E-state index contributed by atoms with van der Waals surface area (Å²) in [6.45, 7) is 9.62. The topological polar surface area (TPSA) is 16.4 Å². The molecule has 1 aromatic heterocycles. The lowest BCUT2D eigenvalue weighted by atomic mass is 9.55. The van der Waals surface area contributed by atoms with Crippen LogP contribution in [0.2, 0.25) is 0 Å². The molecule has 2 heteroatoms. The average molecular weight is 594 g/mol. The Morgan fingerprint density at radius 3 is 1.93 bits per heavy atom. The molecule has 2 nitrogen and oxygen atoms in total. The first-order chi connectivity index (χ1) is 22.3. The van der Waals surface area contributed by atoms with Gasteiger partial charge < -0.3 is 9.32 Å². The summed E-state index contributed by atoms with van der Waals surface area (Å²) >= 11 is 0. The first kappa shape index (κ1) is 27.0. The van der Waals surface area contributed by atoms with E-state index in [9.17, 15) is 0 Å². The Bertz CT molecular complexity index is 2480. The number of anilines is 3. The molecule has 0 unspecified atom stereocenters. The summed E-state index contributed by atoms with van der Waals surface area (Å²) in [6, 6.07) is 50.7. The van der Waals surface area contributed by atoms with E-state index in [1.165, 1.54) is 43.8 Å². The highest BCUT2D eigenvalue weighted by Crippen LogP contribution is 2.56. The normalized spacial score (nSPS) is 14.9. The van der Waals surface area contributed by atoms with Crippen molar-refractivity contribution >= 4 is 60.5 Å². The van der Waals surface area contributed by atoms with E-state index in [1.807, 2.05) is 12.1 Å². The minimum Gasteiger partial charge on any atom is -0.456 e. The van der Waals surface area contributed by atoms with E-state index in [1.54, 1.807) is 0 Å². The van der Waals surface area contributed by atoms with Crippen LogP contribution in [0.5, 0.6) is 0 Å². The number of fused-ring (bicyclic) bond motifs is 10. The molecule has 1 aliphatic carbocycles. The van der Waals surface area contributed by atoms with Crippen molar-refractivity contribution in [1.29, 1.82) is 0 Å². The van der Waals surface area contributed by atoms with Crippen LogP contribution in [0.25, 0.3) is 54.6 Å². The molecule has 0 aliphatic heterocycles. The molecule has 0 saturated carbocycles. The van der Waals surface area contributed by atoms with E-state index in [-0.39, 0.29) is 10.8 Å². The lowest BCUT2D eigenvalue weighted by molar-refractivity contribution is 0.299. The Hall–Kier alpha value is -5.34. The van der Waals surface area contributed by atoms with Gasteiger partial charge in [-0.2, -0.15) is 0 Å². The van der Waals surface area contributed by atoms with Crippen LogP contribution in [0.4, 0.5) is 17.1 Å². The Labute approximate surface area is 269 Å². The van der Waals surface area contributed by atoms with Gasteiger partial charge in [0.15, 0.2) is 0 Å². The Morgan fingerprint density at radius 2 is 1.09 bits per heavy atom. The fraction of sp³-hybridized carbons (Fsp3) is 0.136. The first-order valence-corrected chi connectivity index (χ1v) is 16.2. The summed E-state index contributed by atoms with van der Waals surface area (Å²) in [5.41, 5.74) is 10.6. The molecule has 0 amide bonds. The zero-order valence-corrected chi connectivity index (χ0v) is 26.6. The molecule has 222 valence electrons. The fourth-order valence-corrected chi connectivity index (χ4v) is 7.88. The van der Waals surface area contributed by atoms with Gasteiger partial charge in [0.2, 0.25) is 0 Å². The molecular formula is C44H35NO. The third-order valence-corrected chi connectivity index (χ3v) is 11.0. The molecule has 7 aromatic carbocycles. The number of para-hydroxylation sites is 2. The highest BCUT2D eigenvalue weighted by molar-refractivity contribution is 6.16. The molecule has 0 fully saturated rings. The van der Waals surface area contributed by atoms with E-state index >= 15 is 0 Å². The van der Waals surface area contributed by atoms with Crippen LogP contribution in [0, 0.1) is 0 Å². The second-order valence-electron chi connectivity index (χ2n) is 13.8. The Balaban J connectivity index is 1.28. The van der Waals surface area contributed by atoms with Gasteiger partial charge in [-0.25, -0.2) is 0 Å². The molecule has 1 heterocycles. The van der Waals surface area contributed by atoms with Crippen molar-refractivity contribution in [2.45, 2.75) is 38.5 Å². The van der Waals surface area contributed by atoms with Crippen LogP contribution >= 0.6 is 0 Å². The van der Waals surface area contributed by atoms with E-state index < -0.39 is 0 Å². The molecule has 0 radical (unpaired) electrons. The van der Waals surface area contributed by atoms with Crippen LogP contribution in [0.3, 0.4) is 0 Å². The van der Waals surface area contributed by atoms with Crippen LogP contribution in [0.1, 0.15) is 38.8 Å². The monoisotopic (exact) mass is 593 g/mol. The fourth-order valence-electron chi connectivity index (χ4n) is 7.88. The van der Waals surface area contributed by atoms with Crippen LogP contribution in [-0.4, -0.2) is 0 Å². The van der Waals surface area contributed by atoms with E-state index in [0.29, 0.717) is 0 Å². The van der Waals surface area contributed by atoms with E-state index in [2.05, 4.69) is 160 Å². The number of hydrogen-bond donors (Lipinski definition) is 0. The molecule has 9 rings (SSSR count). The van der Waals surface area contributed by atoms with Crippen molar-refractivity contribution in [3.05, 3.63) is 151 Å². The quantitative estimate of drug-likeness (QED) is 0.189. The number of benzene rings is 7. The smallest absolute Gasteiger partial charge is 0.137 e. The largest absolute Gasteiger partial charge is 0.456 e. The van der Waals surface area contributed by atoms with Gasteiger partial charge in [-0.3, -0.25) is 0 Å². The van der Waals surface area contributed by atoms with Gasteiger partial charge >= 0.3 is 0 Å². The Morgan fingerprint density at radius 1 is 0.457 bits per heavy atom. The van der Waals surface area contributed by atoms with E-state index in [4.69, 9.17) is 4.42 Å². The summed E-state index contributed by atoms with van der Waals surface area (Å²) in [7, 11) is 0. The molecule has 46 heavy (non-hydrogen) atoms. The summed E-state index contributed by atoms with van der Waals surface area (Å²) < 4.78 is 6.32. The van der Waals surface area contributed by atoms with Crippen molar-refractivity contribution in [2.24, 2.45) is 0 Å². The molecule has 8 aromatic rings. The third kappa shape index (κ3) is 3.70. The highest BCUT2D eigenvalue weighted by atomic mass is 16.3. The third-order valence-electron chi connectivity index (χ3n) is 11.0. The summed E-state index contributed by atoms with van der Waals surface area (Å²) in [5.74, 6) is 0. The molecule has 0 spiro atoms. The number of furan rings is 1. The lowest BCUT2D eigenvalue weighted by Crippen LogP contribution is -2.43. The van der Waals surface area contributed by atoms with Crippen molar-refractivity contribution in [3.8, 4) is 11.1 Å². The molecule has 0 N–H and O–H groups in total. The molecule has 0 atom stereocenters. The van der Waals surface area contributed by atoms with Crippen molar-refractivity contribution in [1.82, 2.24) is 0 Å². The van der Waals surface area contributed by atoms with Gasteiger partial charge in [0.1, 0.15) is 11.2 Å². The van der Waals surface area contributed by atoms with Crippen LogP contribution in [0.15, 0.2) is 144 Å². The van der Waals surface area contributed by atoms with Gasteiger partial charge in [-0.1, -0.05) is 119 Å². The van der Waals surface area contributed by atoms with Crippen LogP contribution in [-0.2, 0) is 10.8 Å². The first-order valence-electron chi connectivity index (χ1n) is 16.2. The maximum Gasteiger partial charge on any atom is 0.137 e. The lowest BCUT2D eigenvalue weighted by Gasteiger charge is -2.48. The maximum absolute atomic E-state index is 6.32. The predicted octanol–water partition coefficient (Wildman–Crippen LogP) is 12.6. The molecule has 0 saturated heterocycles. The average Bonchev–Trinajstić information content (AvgIpc) is 3.45. The van der Waals surface area contributed by atoms with Gasteiger partial charge in [0.25, 0.3) is 0 Å². The second kappa shape index (κ2) is 9.58. The molecular weight excluding hydrogens is 558 g/mol. The summed E-state index contributed by atoms with van der Waals surface area (Å²) in [6.07, 6.45) is 0. The van der Waals surface area contributed by atoms with E-state index in [0.717, 1.165) is 39.0 Å². The summed E-state index contributed by atoms with van der Waals surface area (Å²) in [5, 5.41) is 7.40. The maximum atomic E-state index is 6.32. The van der Waals surface area contributed by atoms with Crippen molar-refractivity contribution < 1.29 is 4.42 Å².